The van der Waals surface area contributed by atoms with Gasteiger partial charge in [-0.1, -0.05) is 122 Å². The van der Waals surface area contributed by atoms with Crippen molar-refractivity contribution in [3.63, 3.8) is 0 Å². The van der Waals surface area contributed by atoms with E-state index >= 15 is 0 Å². The molecule has 0 radical (unpaired) electrons. The van der Waals surface area contributed by atoms with Gasteiger partial charge in [-0.3, -0.25) is 0 Å². The van der Waals surface area contributed by atoms with E-state index in [4.69, 9.17) is 0 Å². The Balaban J connectivity index is 1.12. The maximum atomic E-state index is 4.58. The van der Waals surface area contributed by atoms with Crippen molar-refractivity contribution in [1.29, 1.82) is 0 Å². The number of hydrogen-bond donors (Lipinski definition) is 0. The third kappa shape index (κ3) is 4.93. The highest BCUT2D eigenvalue weighted by atomic mass is 15.2. The number of aromatic nitrogens is 1. The largest absolute Gasteiger partial charge is 0.368 e. The van der Waals surface area contributed by atoms with Crippen LogP contribution in [-0.2, 0) is 0 Å². The smallest absolute Gasteiger partial charge is 0.0541 e. The number of rotatable bonds is 3. The number of nitrogens with zero attached hydrogens (tertiary/aromatic N) is 2. The molecule has 1 aromatic heterocycles. The summed E-state index contributed by atoms with van der Waals surface area (Å²) in [6.07, 6.45) is 21.5. The van der Waals surface area contributed by atoms with Crippen LogP contribution in [0.25, 0.3) is 65.4 Å². The van der Waals surface area contributed by atoms with Gasteiger partial charge in [-0.25, -0.2) is 0 Å². The molecule has 51 heavy (non-hydrogen) atoms. The van der Waals surface area contributed by atoms with Crippen LogP contribution in [0.3, 0.4) is 0 Å². The third-order valence-corrected chi connectivity index (χ3v) is 11.4. The summed E-state index contributed by atoms with van der Waals surface area (Å²) < 4.78 is 2.46. The monoisotopic (exact) mass is 656 g/mol. The van der Waals surface area contributed by atoms with Crippen molar-refractivity contribution in [3.05, 3.63) is 181 Å². The van der Waals surface area contributed by atoms with Crippen LogP contribution < -0.4 is 0 Å². The second-order valence-electron chi connectivity index (χ2n) is 14.3. The van der Waals surface area contributed by atoms with Gasteiger partial charge in [0.05, 0.1) is 17.1 Å². The topological polar surface area (TPSA) is 8.17 Å². The standard InChI is InChI=1S/C49H40N2/c1-33-14-4-3-13-29-50(36-15-5-2-6-16-36)47-27-23-34(30-44(33)47)35-24-28-49-46(31-35)43-21-11-12-22-48(43)51(49)37-25-26-42-40-19-8-7-17-38(40)39-18-9-10-20-41(39)45(42)32-37/h2,4-12,14-15,17-22,24-26,28,30-32,36H,1,3,13,16,23,27,29H2/b14-4-/t36-/m0/s1. The van der Waals surface area contributed by atoms with Crippen LogP contribution in [0.2, 0.25) is 0 Å². The summed E-state index contributed by atoms with van der Waals surface area (Å²) >= 11 is 0. The zero-order valence-electron chi connectivity index (χ0n) is 28.9. The second kappa shape index (κ2) is 12.2. The van der Waals surface area contributed by atoms with Crippen LogP contribution in [-0.4, -0.2) is 22.1 Å². The molecule has 2 heterocycles. The van der Waals surface area contributed by atoms with Gasteiger partial charge in [-0.05, 0) is 118 Å². The van der Waals surface area contributed by atoms with Crippen LogP contribution in [0.4, 0.5) is 0 Å². The quantitative estimate of drug-likeness (QED) is 0.172. The summed E-state index contributed by atoms with van der Waals surface area (Å²) in [5.74, 6) is 0. The van der Waals surface area contributed by atoms with Crippen LogP contribution in [0.5, 0.6) is 0 Å². The van der Waals surface area contributed by atoms with E-state index in [0.717, 1.165) is 44.2 Å². The van der Waals surface area contributed by atoms with Gasteiger partial charge in [-0.15, -0.1) is 0 Å². The van der Waals surface area contributed by atoms with Crippen LogP contribution >= 0.6 is 0 Å². The summed E-state index contributed by atoms with van der Waals surface area (Å²) in [7, 11) is 0. The lowest BCUT2D eigenvalue weighted by Crippen LogP contribution is -2.35. The first kappa shape index (κ1) is 30.0. The molecule has 1 aliphatic heterocycles. The minimum absolute atomic E-state index is 0.412. The zero-order valence-corrected chi connectivity index (χ0v) is 28.9. The molecule has 0 N–H and O–H groups in total. The minimum atomic E-state index is 0.412. The lowest BCUT2D eigenvalue weighted by molar-refractivity contribution is 0.277. The maximum absolute atomic E-state index is 4.58. The fourth-order valence-electron chi connectivity index (χ4n) is 9.00. The van der Waals surface area contributed by atoms with Gasteiger partial charge in [0.1, 0.15) is 0 Å². The molecule has 2 aliphatic carbocycles. The summed E-state index contributed by atoms with van der Waals surface area (Å²) in [6, 6.07) is 41.1. The Hall–Kier alpha value is -5.86. The first-order valence-electron chi connectivity index (χ1n) is 18.5. The number of allylic oxidation sites excluding steroid dienone is 9. The first-order valence-corrected chi connectivity index (χ1v) is 18.5. The zero-order chi connectivity index (χ0) is 33.9. The highest BCUT2D eigenvalue weighted by molar-refractivity contribution is 6.25. The lowest BCUT2D eigenvalue weighted by Gasteiger charge is -2.37. The molecule has 2 heteroatoms. The summed E-state index contributed by atoms with van der Waals surface area (Å²) in [5, 5.41) is 10.4. The summed E-state index contributed by atoms with van der Waals surface area (Å²) in [4.78, 5) is 2.67. The van der Waals surface area contributed by atoms with Crippen molar-refractivity contribution in [1.82, 2.24) is 9.47 Å². The van der Waals surface area contributed by atoms with Gasteiger partial charge < -0.3 is 9.47 Å². The van der Waals surface area contributed by atoms with E-state index in [9.17, 15) is 0 Å². The molecule has 0 unspecified atom stereocenters. The van der Waals surface area contributed by atoms with Crippen molar-refractivity contribution < 1.29 is 0 Å². The molecule has 0 saturated carbocycles. The Morgan fingerprint density at radius 1 is 0.608 bits per heavy atom. The minimum Gasteiger partial charge on any atom is -0.368 e. The Morgan fingerprint density at radius 3 is 2.08 bits per heavy atom. The average Bonchev–Trinajstić information content (AvgIpc) is 3.56. The van der Waals surface area contributed by atoms with Gasteiger partial charge in [0, 0.05) is 34.3 Å². The van der Waals surface area contributed by atoms with Crippen molar-refractivity contribution in [2.75, 3.05) is 6.54 Å². The van der Waals surface area contributed by atoms with Crippen LogP contribution in [0.1, 0.15) is 37.7 Å². The van der Waals surface area contributed by atoms with Crippen LogP contribution in [0.15, 0.2) is 175 Å². The number of para-hydroxylation sites is 1. The van der Waals surface area contributed by atoms with E-state index in [1.54, 1.807) is 0 Å². The molecule has 10 rings (SSSR count). The number of benzene rings is 6. The van der Waals surface area contributed by atoms with Gasteiger partial charge in [0.25, 0.3) is 0 Å². The van der Waals surface area contributed by atoms with E-state index < -0.39 is 0 Å². The van der Waals surface area contributed by atoms with Crippen LogP contribution in [0, 0.1) is 0 Å². The molecule has 0 fully saturated rings. The lowest BCUT2D eigenvalue weighted by atomic mass is 9.87. The average molecular weight is 657 g/mol. The van der Waals surface area contributed by atoms with E-state index in [1.165, 1.54) is 82.2 Å². The van der Waals surface area contributed by atoms with E-state index in [1.807, 2.05) is 0 Å². The second-order valence-corrected chi connectivity index (χ2v) is 14.3. The maximum Gasteiger partial charge on any atom is 0.0541 e. The van der Waals surface area contributed by atoms with Crippen molar-refractivity contribution in [3.8, 4) is 5.69 Å². The molecule has 1 atom stereocenters. The summed E-state index contributed by atoms with van der Waals surface area (Å²) in [5.41, 5.74) is 10.2. The molecule has 7 aromatic rings. The molecule has 0 bridgehead atoms. The highest BCUT2D eigenvalue weighted by Gasteiger charge is 2.26. The van der Waals surface area contributed by atoms with E-state index in [2.05, 4.69) is 168 Å². The first-order chi connectivity index (χ1) is 25.2. The van der Waals surface area contributed by atoms with Gasteiger partial charge in [0.15, 0.2) is 0 Å². The highest BCUT2D eigenvalue weighted by Crippen LogP contribution is 2.41. The van der Waals surface area contributed by atoms with Crippen molar-refractivity contribution in [2.24, 2.45) is 0 Å². The fraction of sp³-hybridized carbons (Fsp3) is 0.143. The molecule has 0 amide bonds. The number of fused-ring (bicyclic) bond motifs is 9. The predicted molar refractivity (Wildman–Crippen MR) is 218 cm³/mol. The fourth-order valence-corrected chi connectivity index (χ4v) is 9.00. The number of hydrogen-bond acceptors (Lipinski definition) is 1. The molecule has 6 aromatic carbocycles. The van der Waals surface area contributed by atoms with Crippen molar-refractivity contribution >= 4 is 59.7 Å². The molecule has 3 aliphatic rings. The molecule has 0 saturated heterocycles. The summed E-state index contributed by atoms with van der Waals surface area (Å²) in [6.45, 7) is 5.66. The van der Waals surface area contributed by atoms with Gasteiger partial charge in [0.2, 0.25) is 0 Å². The third-order valence-electron chi connectivity index (χ3n) is 11.4. The Labute approximate surface area is 299 Å². The van der Waals surface area contributed by atoms with Crippen molar-refractivity contribution in [2.45, 2.75) is 38.1 Å². The Kier molecular flexibility index (Phi) is 7.16. The molecular weight excluding hydrogens is 617 g/mol. The molecule has 2 nitrogen and oxygen atoms in total. The van der Waals surface area contributed by atoms with E-state index in [0.29, 0.717) is 6.04 Å². The predicted octanol–water partition coefficient (Wildman–Crippen LogP) is 12.8. The van der Waals surface area contributed by atoms with E-state index in [-0.39, 0.29) is 0 Å². The SMILES string of the molecule is C=C1/C=C\CCCN([C@H]2C=CC=CC2)C2=C1C=C(c1ccc3c(c1)c1ccccc1n3-c1ccc3c4ccccc4c4ccccc4c3c1)CC2. The normalized spacial score (nSPS) is 18.7. The van der Waals surface area contributed by atoms with Gasteiger partial charge >= 0.3 is 0 Å². The molecular formula is C49H40N2. The Bertz CT molecular complexity index is 2690. The molecule has 246 valence electrons. The Morgan fingerprint density at radius 2 is 1.31 bits per heavy atom. The van der Waals surface area contributed by atoms with Gasteiger partial charge in [-0.2, -0.15) is 0 Å². The molecule has 0 spiro atoms.